The third kappa shape index (κ3) is 2.59. The van der Waals surface area contributed by atoms with E-state index in [0.29, 0.717) is 5.88 Å². The maximum absolute atomic E-state index is 6.70. The van der Waals surface area contributed by atoms with Crippen LogP contribution in [0.3, 0.4) is 0 Å². The minimum Gasteiger partial charge on any atom is -0.125 e. The van der Waals surface area contributed by atoms with Gasteiger partial charge in [0.05, 0.1) is 5.38 Å². The molecule has 1 atom stereocenters. The molecule has 4 aromatic carbocycles. The third-order valence-electron chi connectivity index (χ3n) is 5.60. The van der Waals surface area contributed by atoms with Crippen LogP contribution in [0.1, 0.15) is 33.5 Å². The van der Waals surface area contributed by atoms with Gasteiger partial charge in [-0.3, -0.25) is 0 Å². The second-order valence-corrected chi connectivity index (χ2v) is 7.85. The average Bonchev–Trinajstić information content (AvgIpc) is 3.06. The number of rotatable bonds is 3. The molecule has 0 bridgehead atoms. The zero-order valence-corrected chi connectivity index (χ0v) is 16.2. The Bertz CT molecular complexity index is 1100. The largest absolute Gasteiger partial charge is 0.125 e. The Kier molecular flexibility index (Phi) is 4.19. The van der Waals surface area contributed by atoms with E-state index in [-0.39, 0.29) is 11.3 Å². The summed E-state index contributed by atoms with van der Waals surface area (Å²) in [5.74, 6) is 0.561. The van der Waals surface area contributed by atoms with Crippen molar-refractivity contribution in [3.8, 4) is 11.1 Å². The lowest BCUT2D eigenvalue weighted by molar-refractivity contribution is 0.966. The zero-order chi connectivity index (χ0) is 18.4. The van der Waals surface area contributed by atoms with Gasteiger partial charge in [0.15, 0.2) is 0 Å². The molecule has 0 fully saturated rings. The molecule has 0 nitrogen and oxygen atoms in total. The van der Waals surface area contributed by atoms with Crippen molar-refractivity contribution in [2.45, 2.75) is 11.3 Å². The lowest BCUT2D eigenvalue weighted by Gasteiger charge is -2.23. The van der Waals surface area contributed by atoms with E-state index in [0.717, 1.165) is 5.56 Å². The Morgan fingerprint density at radius 1 is 0.704 bits per heavy atom. The summed E-state index contributed by atoms with van der Waals surface area (Å²) >= 11 is 12.9. The lowest BCUT2D eigenvalue weighted by Crippen LogP contribution is -2.07. The van der Waals surface area contributed by atoms with Gasteiger partial charge in [-0.15, -0.1) is 23.2 Å². The van der Waals surface area contributed by atoms with E-state index in [1.165, 1.54) is 38.6 Å². The summed E-state index contributed by atoms with van der Waals surface area (Å²) < 4.78 is 0. The maximum atomic E-state index is 6.70. The minimum atomic E-state index is -0.216. The highest BCUT2D eigenvalue weighted by atomic mass is 35.5. The molecule has 4 aromatic rings. The first-order valence-electron chi connectivity index (χ1n) is 9.19. The number of fused-ring (bicyclic) bond motifs is 4. The van der Waals surface area contributed by atoms with Gasteiger partial charge in [0.1, 0.15) is 0 Å². The molecule has 0 radical (unpaired) electrons. The third-order valence-corrected chi connectivity index (χ3v) is 6.46. The van der Waals surface area contributed by atoms with E-state index in [1.807, 2.05) is 0 Å². The van der Waals surface area contributed by atoms with Crippen LogP contribution >= 0.6 is 23.2 Å². The Hall–Kier alpha value is -2.28. The fourth-order valence-corrected chi connectivity index (χ4v) is 4.81. The Morgan fingerprint density at radius 3 is 1.96 bits per heavy atom. The topological polar surface area (TPSA) is 0 Å². The molecule has 0 aliphatic heterocycles. The van der Waals surface area contributed by atoms with Crippen LogP contribution in [0.5, 0.6) is 0 Å². The van der Waals surface area contributed by atoms with Crippen molar-refractivity contribution in [1.82, 2.24) is 0 Å². The van der Waals surface area contributed by atoms with Crippen LogP contribution in [0.4, 0.5) is 0 Å². The highest BCUT2D eigenvalue weighted by molar-refractivity contribution is 6.28. The summed E-state index contributed by atoms with van der Waals surface area (Å²) in [7, 11) is 0. The number of hydrogen-bond donors (Lipinski definition) is 0. The number of alkyl halides is 2. The van der Waals surface area contributed by atoms with Crippen molar-refractivity contribution in [3.63, 3.8) is 0 Å². The van der Waals surface area contributed by atoms with Crippen LogP contribution in [-0.4, -0.2) is 5.88 Å². The second kappa shape index (κ2) is 6.71. The van der Waals surface area contributed by atoms with Crippen molar-refractivity contribution in [3.05, 3.63) is 107 Å². The number of benzene rings is 4. The molecule has 1 aliphatic carbocycles. The van der Waals surface area contributed by atoms with Crippen molar-refractivity contribution in [1.29, 1.82) is 0 Å². The summed E-state index contributed by atoms with van der Waals surface area (Å²) in [5.41, 5.74) is 7.72. The van der Waals surface area contributed by atoms with E-state index in [4.69, 9.17) is 23.2 Å². The predicted octanol–water partition coefficient (Wildman–Crippen LogP) is 7.52. The summed E-state index contributed by atoms with van der Waals surface area (Å²) in [6.45, 7) is 0. The van der Waals surface area contributed by atoms with E-state index in [1.54, 1.807) is 0 Å². The van der Waals surface area contributed by atoms with Crippen LogP contribution in [0, 0.1) is 0 Å². The smallest absolute Gasteiger partial charge is 0.0723 e. The molecular formula is C25H18Cl2. The molecule has 1 aliphatic rings. The average molecular weight is 389 g/mol. The molecular weight excluding hydrogens is 371 g/mol. The molecule has 132 valence electrons. The Labute approximate surface area is 169 Å². The lowest BCUT2D eigenvalue weighted by atomic mass is 9.82. The van der Waals surface area contributed by atoms with Crippen LogP contribution in [-0.2, 0) is 0 Å². The van der Waals surface area contributed by atoms with Crippen molar-refractivity contribution >= 4 is 34.0 Å². The van der Waals surface area contributed by atoms with Gasteiger partial charge in [-0.2, -0.15) is 0 Å². The van der Waals surface area contributed by atoms with Crippen molar-refractivity contribution in [2.75, 3.05) is 5.88 Å². The molecule has 5 rings (SSSR count). The highest BCUT2D eigenvalue weighted by Gasteiger charge is 2.32. The quantitative estimate of drug-likeness (QED) is 0.280. The van der Waals surface area contributed by atoms with Gasteiger partial charge in [-0.05, 0) is 44.2 Å². The molecule has 2 heteroatoms. The molecule has 0 amide bonds. The standard InChI is InChI=1S/C25H18Cl2/c26-15-23(27)22-14-13-16-7-1-2-8-17(16)24(22)25-20-11-5-3-9-18(20)19-10-4-6-12-21(19)25/h1-14,23,25H,15H2. The van der Waals surface area contributed by atoms with Crippen molar-refractivity contribution < 1.29 is 0 Å². The fourth-order valence-electron chi connectivity index (χ4n) is 4.46. The summed E-state index contributed by atoms with van der Waals surface area (Å²) in [5, 5.41) is 2.27. The molecule has 0 spiro atoms. The van der Waals surface area contributed by atoms with Gasteiger partial charge < -0.3 is 0 Å². The first kappa shape index (κ1) is 16.9. The monoisotopic (exact) mass is 388 g/mol. The molecule has 0 heterocycles. The normalized spacial score (nSPS) is 14.1. The molecule has 0 saturated heterocycles. The summed E-state index contributed by atoms with van der Waals surface area (Å²) in [4.78, 5) is 0. The van der Waals surface area contributed by atoms with Crippen LogP contribution in [0.15, 0.2) is 84.9 Å². The van der Waals surface area contributed by atoms with Crippen LogP contribution in [0.25, 0.3) is 21.9 Å². The molecule has 0 saturated carbocycles. The van der Waals surface area contributed by atoms with Crippen LogP contribution in [0.2, 0.25) is 0 Å². The van der Waals surface area contributed by atoms with Gasteiger partial charge >= 0.3 is 0 Å². The second-order valence-electron chi connectivity index (χ2n) is 7.02. The van der Waals surface area contributed by atoms with Gasteiger partial charge in [-0.1, -0.05) is 84.9 Å². The predicted molar refractivity (Wildman–Crippen MR) is 116 cm³/mol. The van der Waals surface area contributed by atoms with E-state index >= 15 is 0 Å². The first-order valence-corrected chi connectivity index (χ1v) is 10.2. The maximum Gasteiger partial charge on any atom is 0.0723 e. The molecule has 1 unspecified atom stereocenters. The Balaban J connectivity index is 1.89. The van der Waals surface area contributed by atoms with Gasteiger partial charge in [0.2, 0.25) is 0 Å². The molecule has 0 aromatic heterocycles. The zero-order valence-electron chi connectivity index (χ0n) is 14.7. The van der Waals surface area contributed by atoms with Crippen molar-refractivity contribution in [2.24, 2.45) is 0 Å². The molecule has 0 N–H and O–H groups in total. The summed E-state index contributed by atoms with van der Waals surface area (Å²) in [6, 6.07) is 30.3. The van der Waals surface area contributed by atoms with E-state index in [2.05, 4.69) is 84.9 Å². The van der Waals surface area contributed by atoms with Gasteiger partial charge in [0, 0.05) is 11.8 Å². The van der Waals surface area contributed by atoms with E-state index in [9.17, 15) is 0 Å². The number of hydrogen-bond acceptors (Lipinski definition) is 0. The number of halogens is 2. The van der Waals surface area contributed by atoms with Gasteiger partial charge in [-0.25, -0.2) is 0 Å². The van der Waals surface area contributed by atoms with Gasteiger partial charge in [0.25, 0.3) is 0 Å². The first-order chi connectivity index (χ1) is 13.3. The fraction of sp³-hybridized carbons (Fsp3) is 0.120. The highest BCUT2D eigenvalue weighted by Crippen LogP contribution is 2.51. The van der Waals surface area contributed by atoms with E-state index < -0.39 is 0 Å². The Morgan fingerprint density at radius 2 is 1.30 bits per heavy atom. The molecule has 27 heavy (non-hydrogen) atoms. The summed E-state index contributed by atoms with van der Waals surface area (Å²) in [6.07, 6.45) is 0. The SMILES string of the molecule is ClCC(Cl)c1ccc2ccccc2c1C1c2ccccc2-c2ccccc21. The van der Waals surface area contributed by atoms with Crippen LogP contribution < -0.4 is 0 Å². The minimum absolute atomic E-state index is 0.169.